The third kappa shape index (κ3) is 1.03. The summed E-state index contributed by atoms with van der Waals surface area (Å²) in [5, 5.41) is 18.0. The van der Waals surface area contributed by atoms with E-state index in [0.717, 1.165) is 5.56 Å². The van der Waals surface area contributed by atoms with Crippen LogP contribution in [0.25, 0.3) is 0 Å². The molecular formula is C8H6N4. The average Bonchev–Trinajstić information content (AvgIpc) is 2.53. The maximum absolute atomic E-state index is 7.35. The maximum atomic E-state index is 7.35. The fourth-order valence-electron chi connectivity index (χ4n) is 0.997. The SMILES string of the molecule is N=C1N=NN=C1c1ccccc1. The zero-order valence-electron chi connectivity index (χ0n) is 6.23. The summed E-state index contributed by atoms with van der Waals surface area (Å²) in [6.07, 6.45) is 0. The van der Waals surface area contributed by atoms with E-state index in [1.54, 1.807) is 0 Å². The number of rotatable bonds is 1. The number of hydrogen-bond donors (Lipinski definition) is 1. The first-order valence-electron chi connectivity index (χ1n) is 3.51. The zero-order chi connectivity index (χ0) is 8.39. The Kier molecular flexibility index (Phi) is 1.51. The van der Waals surface area contributed by atoms with Gasteiger partial charge in [0.2, 0.25) is 0 Å². The Morgan fingerprint density at radius 2 is 1.83 bits per heavy atom. The summed E-state index contributed by atoms with van der Waals surface area (Å²) in [7, 11) is 0. The van der Waals surface area contributed by atoms with Gasteiger partial charge in [0.05, 0.1) is 0 Å². The van der Waals surface area contributed by atoms with Gasteiger partial charge in [-0.25, -0.2) is 0 Å². The molecule has 1 aromatic carbocycles. The molecule has 4 heteroatoms. The van der Waals surface area contributed by atoms with E-state index in [4.69, 9.17) is 5.41 Å². The van der Waals surface area contributed by atoms with Gasteiger partial charge in [0.1, 0.15) is 5.71 Å². The highest BCUT2D eigenvalue weighted by Gasteiger charge is 2.13. The molecule has 0 atom stereocenters. The third-order valence-corrected chi connectivity index (χ3v) is 1.56. The Balaban J connectivity index is 2.40. The molecule has 0 saturated heterocycles. The molecule has 0 fully saturated rings. The molecule has 0 aliphatic carbocycles. The van der Waals surface area contributed by atoms with Crippen molar-refractivity contribution < 1.29 is 0 Å². The van der Waals surface area contributed by atoms with Crippen LogP contribution in [0.3, 0.4) is 0 Å². The van der Waals surface area contributed by atoms with Gasteiger partial charge in [-0.2, -0.15) is 0 Å². The number of nitrogens with one attached hydrogen (secondary N) is 1. The summed E-state index contributed by atoms with van der Waals surface area (Å²) in [6.45, 7) is 0. The summed E-state index contributed by atoms with van der Waals surface area (Å²) in [4.78, 5) is 0. The minimum Gasteiger partial charge on any atom is -0.279 e. The lowest BCUT2D eigenvalue weighted by Gasteiger charge is -1.95. The number of benzene rings is 1. The van der Waals surface area contributed by atoms with Crippen LogP contribution in [-0.2, 0) is 0 Å². The normalized spacial score (nSPS) is 15.0. The third-order valence-electron chi connectivity index (χ3n) is 1.56. The fraction of sp³-hybridized carbons (Fsp3) is 0. The molecule has 1 aromatic rings. The quantitative estimate of drug-likeness (QED) is 0.648. The maximum Gasteiger partial charge on any atom is 0.197 e. The van der Waals surface area contributed by atoms with Crippen LogP contribution < -0.4 is 0 Å². The predicted molar refractivity (Wildman–Crippen MR) is 45.6 cm³/mol. The van der Waals surface area contributed by atoms with Gasteiger partial charge in [-0.1, -0.05) is 30.3 Å². The Bertz CT molecular complexity index is 364. The van der Waals surface area contributed by atoms with Crippen molar-refractivity contribution in [2.45, 2.75) is 0 Å². The van der Waals surface area contributed by atoms with E-state index in [1.807, 2.05) is 30.3 Å². The molecule has 0 radical (unpaired) electrons. The highest BCUT2D eigenvalue weighted by Crippen LogP contribution is 2.07. The van der Waals surface area contributed by atoms with Crippen LogP contribution in [0.5, 0.6) is 0 Å². The monoisotopic (exact) mass is 158 g/mol. The van der Waals surface area contributed by atoms with E-state index < -0.39 is 0 Å². The molecule has 0 saturated carbocycles. The van der Waals surface area contributed by atoms with Crippen LogP contribution in [-0.4, -0.2) is 11.5 Å². The van der Waals surface area contributed by atoms with Crippen LogP contribution in [0.4, 0.5) is 0 Å². The molecule has 1 aliphatic heterocycles. The first kappa shape index (κ1) is 6.84. The average molecular weight is 158 g/mol. The van der Waals surface area contributed by atoms with Crippen LogP contribution in [0.1, 0.15) is 5.56 Å². The van der Waals surface area contributed by atoms with Crippen molar-refractivity contribution in [3.63, 3.8) is 0 Å². The molecule has 1 aliphatic rings. The summed E-state index contributed by atoms with van der Waals surface area (Å²) in [5.74, 6) is 0.126. The largest absolute Gasteiger partial charge is 0.279 e. The van der Waals surface area contributed by atoms with Crippen LogP contribution >= 0.6 is 0 Å². The Morgan fingerprint density at radius 1 is 1.08 bits per heavy atom. The van der Waals surface area contributed by atoms with Gasteiger partial charge in [0, 0.05) is 5.56 Å². The molecule has 0 spiro atoms. The molecule has 0 aromatic heterocycles. The van der Waals surface area contributed by atoms with Gasteiger partial charge in [0.15, 0.2) is 5.84 Å². The van der Waals surface area contributed by atoms with Crippen LogP contribution in [0.2, 0.25) is 0 Å². The van der Waals surface area contributed by atoms with Crippen molar-refractivity contribution in [2.24, 2.45) is 15.4 Å². The second-order valence-electron chi connectivity index (χ2n) is 2.35. The van der Waals surface area contributed by atoms with Gasteiger partial charge in [-0.3, -0.25) is 5.41 Å². The first-order chi connectivity index (χ1) is 5.88. The van der Waals surface area contributed by atoms with E-state index >= 15 is 0 Å². The zero-order valence-corrected chi connectivity index (χ0v) is 6.23. The fourth-order valence-corrected chi connectivity index (χ4v) is 0.997. The lowest BCUT2D eigenvalue weighted by Crippen LogP contribution is -2.07. The number of hydrogen-bond acceptors (Lipinski definition) is 3. The molecule has 0 bridgehead atoms. The molecule has 0 unspecified atom stereocenters. The topological polar surface area (TPSA) is 60.9 Å². The molecule has 4 nitrogen and oxygen atoms in total. The molecule has 58 valence electrons. The van der Waals surface area contributed by atoms with Gasteiger partial charge in [0.25, 0.3) is 0 Å². The summed E-state index contributed by atoms with van der Waals surface area (Å²) in [6, 6.07) is 9.46. The highest BCUT2D eigenvalue weighted by molar-refractivity contribution is 6.47. The van der Waals surface area contributed by atoms with Crippen LogP contribution in [0.15, 0.2) is 45.8 Å². The van der Waals surface area contributed by atoms with Gasteiger partial charge in [-0.05, 0) is 5.22 Å². The van der Waals surface area contributed by atoms with Crippen molar-refractivity contribution >= 4 is 11.5 Å². The lowest BCUT2D eigenvalue weighted by atomic mass is 10.1. The van der Waals surface area contributed by atoms with Gasteiger partial charge >= 0.3 is 0 Å². The minimum absolute atomic E-state index is 0.126. The van der Waals surface area contributed by atoms with Gasteiger partial charge < -0.3 is 0 Å². The van der Waals surface area contributed by atoms with Crippen molar-refractivity contribution in [3.05, 3.63) is 35.9 Å². The standard InChI is InChI=1S/C8H6N4/c9-8-7(10-12-11-8)6-4-2-1-3-5-6/h1-5,9H. The van der Waals surface area contributed by atoms with Crippen molar-refractivity contribution in [2.75, 3.05) is 0 Å². The van der Waals surface area contributed by atoms with Crippen molar-refractivity contribution in [1.82, 2.24) is 0 Å². The van der Waals surface area contributed by atoms with E-state index in [-0.39, 0.29) is 5.84 Å². The molecule has 12 heavy (non-hydrogen) atoms. The lowest BCUT2D eigenvalue weighted by molar-refractivity contribution is 1.12. The summed E-state index contributed by atoms with van der Waals surface area (Å²) in [5.41, 5.74) is 1.42. The van der Waals surface area contributed by atoms with E-state index in [2.05, 4.69) is 15.4 Å². The van der Waals surface area contributed by atoms with Crippen LogP contribution in [0, 0.1) is 5.41 Å². The molecule has 0 amide bonds. The first-order valence-corrected chi connectivity index (χ1v) is 3.51. The highest BCUT2D eigenvalue weighted by atomic mass is 15.4. The van der Waals surface area contributed by atoms with E-state index in [0.29, 0.717) is 5.71 Å². The van der Waals surface area contributed by atoms with Gasteiger partial charge in [-0.15, -0.1) is 10.2 Å². The second-order valence-corrected chi connectivity index (χ2v) is 2.35. The Morgan fingerprint density at radius 3 is 2.42 bits per heavy atom. The summed E-state index contributed by atoms with van der Waals surface area (Å²) >= 11 is 0. The second kappa shape index (κ2) is 2.65. The van der Waals surface area contributed by atoms with Crippen molar-refractivity contribution in [3.8, 4) is 0 Å². The number of nitrogens with zero attached hydrogens (tertiary/aromatic N) is 3. The molecule has 1 N–H and O–H groups in total. The smallest absolute Gasteiger partial charge is 0.197 e. The summed E-state index contributed by atoms with van der Waals surface area (Å²) < 4.78 is 0. The Labute approximate surface area is 69.2 Å². The molecule has 2 rings (SSSR count). The van der Waals surface area contributed by atoms with E-state index in [9.17, 15) is 0 Å². The van der Waals surface area contributed by atoms with E-state index in [1.165, 1.54) is 0 Å². The molecular weight excluding hydrogens is 152 g/mol. The molecule has 1 heterocycles. The predicted octanol–water partition coefficient (Wildman–Crippen LogP) is 1.83. The Hall–Kier alpha value is -1.84. The minimum atomic E-state index is 0.126. The number of amidine groups is 1. The van der Waals surface area contributed by atoms with Crippen molar-refractivity contribution in [1.29, 1.82) is 5.41 Å².